The van der Waals surface area contributed by atoms with Crippen LogP contribution in [0.25, 0.3) is 0 Å². The van der Waals surface area contributed by atoms with Gasteiger partial charge >= 0.3 is 0 Å². The largest absolute Gasteiger partial charge is 0.497 e. The number of ether oxygens (including phenoxy) is 1. The van der Waals surface area contributed by atoms with Crippen molar-refractivity contribution in [2.24, 2.45) is 0 Å². The average molecular weight is 386 g/mol. The fraction of sp³-hybridized carbons (Fsp3) is 0.350. The molecular formula is C20H22N2O4S. The highest BCUT2D eigenvalue weighted by molar-refractivity contribution is 7.89. The van der Waals surface area contributed by atoms with Crippen LogP contribution in [0.3, 0.4) is 0 Å². The summed E-state index contributed by atoms with van der Waals surface area (Å²) in [5.74, 6) is 0.298. The molecule has 0 unspecified atom stereocenters. The van der Waals surface area contributed by atoms with Crippen molar-refractivity contribution in [2.75, 3.05) is 12.4 Å². The molecule has 2 aromatic carbocycles. The molecule has 0 aromatic heterocycles. The summed E-state index contributed by atoms with van der Waals surface area (Å²) >= 11 is 0. The highest BCUT2D eigenvalue weighted by Crippen LogP contribution is 2.37. The Morgan fingerprint density at radius 1 is 1.15 bits per heavy atom. The molecule has 2 aliphatic rings. The van der Waals surface area contributed by atoms with Crippen LogP contribution >= 0.6 is 0 Å². The van der Waals surface area contributed by atoms with E-state index in [2.05, 4.69) is 5.32 Å². The highest BCUT2D eigenvalue weighted by atomic mass is 32.2. The normalized spacial score (nSPS) is 19.1. The van der Waals surface area contributed by atoms with Crippen molar-refractivity contribution in [3.63, 3.8) is 0 Å². The summed E-state index contributed by atoms with van der Waals surface area (Å²) in [4.78, 5) is 12.1. The smallest absolute Gasteiger partial charge is 0.243 e. The van der Waals surface area contributed by atoms with Gasteiger partial charge in [-0.3, -0.25) is 4.79 Å². The molecule has 7 heteroatoms. The van der Waals surface area contributed by atoms with Gasteiger partial charge in [-0.25, -0.2) is 8.42 Å². The lowest BCUT2D eigenvalue weighted by molar-refractivity contribution is -0.116. The lowest BCUT2D eigenvalue weighted by Gasteiger charge is -2.22. The zero-order valence-corrected chi connectivity index (χ0v) is 16.1. The van der Waals surface area contributed by atoms with E-state index in [-0.39, 0.29) is 22.8 Å². The Kier molecular flexibility index (Phi) is 4.44. The van der Waals surface area contributed by atoms with E-state index in [9.17, 15) is 13.2 Å². The maximum atomic E-state index is 13.3. The lowest BCUT2D eigenvalue weighted by Crippen LogP contribution is -2.32. The molecule has 0 spiro atoms. The molecule has 6 nitrogen and oxygen atoms in total. The SMILES string of the molecule is COc1ccc(CN(C2CC2)S(=O)(=O)c2ccc3c(c2)[C@@H](C)C(=O)N3)cc1. The van der Waals surface area contributed by atoms with Crippen molar-refractivity contribution in [1.82, 2.24) is 4.31 Å². The molecule has 0 radical (unpaired) electrons. The first kappa shape index (κ1) is 18.0. The maximum Gasteiger partial charge on any atom is 0.243 e. The van der Waals surface area contributed by atoms with Crippen LogP contribution in [0.5, 0.6) is 5.75 Å². The number of benzene rings is 2. The molecular weight excluding hydrogens is 364 g/mol. The standard InChI is InChI=1S/C20H22N2O4S/c1-13-18-11-17(9-10-19(18)21-20(13)23)27(24,25)22(15-5-6-15)12-14-3-7-16(26-2)8-4-14/h3-4,7-11,13,15H,5-6,12H2,1-2H3,(H,21,23)/t13-/m1/s1. The molecule has 1 aliphatic heterocycles. The van der Waals surface area contributed by atoms with Crippen LogP contribution in [-0.4, -0.2) is 31.8 Å². The molecule has 1 saturated carbocycles. The molecule has 0 bridgehead atoms. The molecule has 0 saturated heterocycles. The van der Waals surface area contributed by atoms with Crippen LogP contribution in [-0.2, 0) is 21.4 Å². The van der Waals surface area contributed by atoms with Crippen molar-refractivity contribution in [3.05, 3.63) is 53.6 Å². The van der Waals surface area contributed by atoms with Gasteiger partial charge in [0.2, 0.25) is 15.9 Å². The van der Waals surface area contributed by atoms with Gasteiger partial charge in [0.15, 0.2) is 0 Å². The van der Waals surface area contributed by atoms with Crippen LogP contribution in [0, 0.1) is 0 Å². The van der Waals surface area contributed by atoms with Gasteiger partial charge in [0.05, 0.1) is 17.9 Å². The predicted molar refractivity (Wildman–Crippen MR) is 102 cm³/mol. The Labute approximate surface area is 159 Å². The molecule has 1 aliphatic carbocycles. The third kappa shape index (κ3) is 3.33. The molecule has 142 valence electrons. The van der Waals surface area contributed by atoms with E-state index in [0.29, 0.717) is 12.2 Å². The van der Waals surface area contributed by atoms with Gasteiger partial charge in [-0.2, -0.15) is 4.31 Å². The molecule has 27 heavy (non-hydrogen) atoms. The van der Waals surface area contributed by atoms with E-state index < -0.39 is 10.0 Å². The Balaban J connectivity index is 1.65. The first-order valence-corrected chi connectivity index (χ1v) is 10.4. The van der Waals surface area contributed by atoms with Crippen molar-refractivity contribution in [1.29, 1.82) is 0 Å². The van der Waals surface area contributed by atoms with E-state index in [1.54, 1.807) is 36.5 Å². The van der Waals surface area contributed by atoms with E-state index in [4.69, 9.17) is 4.74 Å². The van der Waals surface area contributed by atoms with Crippen molar-refractivity contribution in [3.8, 4) is 5.75 Å². The Hall–Kier alpha value is -2.38. The number of methoxy groups -OCH3 is 1. The summed E-state index contributed by atoms with van der Waals surface area (Å²) in [5, 5.41) is 2.78. The van der Waals surface area contributed by atoms with Crippen molar-refractivity contribution >= 4 is 21.6 Å². The summed E-state index contributed by atoms with van der Waals surface area (Å²) in [6.45, 7) is 2.11. The second-order valence-electron chi connectivity index (χ2n) is 7.09. The Morgan fingerprint density at radius 2 is 1.85 bits per heavy atom. The minimum absolute atomic E-state index is 0.0301. The molecule has 1 amide bonds. The molecule has 1 N–H and O–H groups in total. The van der Waals surface area contributed by atoms with Crippen LogP contribution in [0.15, 0.2) is 47.4 Å². The lowest BCUT2D eigenvalue weighted by atomic mass is 10.0. The number of hydrogen-bond acceptors (Lipinski definition) is 4. The fourth-order valence-corrected chi connectivity index (χ4v) is 5.08. The van der Waals surface area contributed by atoms with Gasteiger partial charge in [0.25, 0.3) is 0 Å². The first-order valence-electron chi connectivity index (χ1n) is 9.00. The molecule has 4 rings (SSSR count). The average Bonchev–Trinajstić information content (AvgIpc) is 3.46. The summed E-state index contributed by atoms with van der Waals surface area (Å²) in [6, 6.07) is 12.4. The van der Waals surface area contributed by atoms with Crippen molar-refractivity contribution < 1.29 is 17.9 Å². The van der Waals surface area contributed by atoms with E-state index >= 15 is 0 Å². The topological polar surface area (TPSA) is 75.7 Å². The summed E-state index contributed by atoms with van der Waals surface area (Å²) in [5.41, 5.74) is 2.35. The number of carbonyl (C=O) groups excluding carboxylic acids is 1. The number of rotatable bonds is 6. The number of hydrogen-bond donors (Lipinski definition) is 1. The maximum absolute atomic E-state index is 13.3. The molecule has 2 aromatic rings. The number of anilines is 1. The van der Waals surface area contributed by atoms with E-state index in [1.165, 1.54) is 0 Å². The fourth-order valence-electron chi connectivity index (χ4n) is 3.37. The van der Waals surface area contributed by atoms with Crippen LogP contribution in [0.2, 0.25) is 0 Å². The van der Waals surface area contributed by atoms with Crippen LogP contribution < -0.4 is 10.1 Å². The van der Waals surface area contributed by atoms with Crippen molar-refractivity contribution in [2.45, 2.75) is 43.2 Å². The molecule has 1 fully saturated rings. The minimum Gasteiger partial charge on any atom is -0.497 e. The van der Waals surface area contributed by atoms with Gasteiger partial charge in [-0.1, -0.05) is 12.1 Å². The number of sulfonamides is 1. The van der Waals surface area contributed by atoms with E-state index in [1.807, 2.05) is 24.3 Å². The number of amides is 1. The number of carbonyl (C=O) groups is 1. The summed E-state index contributed by atoms with van der Waals surface area (Å²) < 4.78 is 33.4. The zero-order valence-electron chi connectivity index (χ0n) is 15.3. The minimum atomic E-state index is -3.65. The van der Waals surface area contributed by atoms with Gasteiger partial charge in [-0.05, 0) is 61.2 Å². The monoisotopic (exact) mass is 386 g/mol. The second kappa shape index (κ2) is 6.65. The Morgan fingerprint density at radius 3 is 2.48 bits per heavy atom. The van der Waals surface area contributed by atoms with Gasteiger partial charge in [-0.15, -0.1) is 0 Å². The number of nitrogens with zero attached hydrogens (tertiary/aromatic N) is 1. The van der Waals surface area contributed by atoms with Gasteiger partial charge in [0, 0.05) is 18.3 Å². The van der Waals surface area contributed by atoms with Gasteiger partial charge < -0.3 is 10.1 Å². The third-order valence-corrected chi connectivity index (χ3v) is 7.09. The molecule has 1 atom stereocenters. The second-order valence-corrected chi connectivity index (χ2v) is 8.98. The first-order chi connectivity index (χ1) is 12.9. The third-order valence-electron chi connectivity index (χ3n) is 5.20. The van der Waals surface area contributed by atoms with E-state index in [0.717, 1.165) is 29.7 Å². The highest BCUT2D eigenvalue weighted by Gasteiger charge is 2.39. The quantitative estimate of drug-likeness (QED) is 0.828. The molecule has 1 heterocycles. The van der Waals surface area contributed by atoms with Crippen LogP contribution in [0.1, 0.15) is 36.8 Å². The predicted octanol–water partition coefficient (Wildman–Crippen LogP) is 3.10. The summed E-state index contributed by atoms with van der Waals surface area (Å²) in [7, 11) is -2.05. The number of nitrogens with one attached hydrogen (secondary N) is 1. The zero-order chi connectivity index (χ0) is 19.2. The Bertz CT molecular complexity index is 982. The summed E-state index contributed by atoms with van der Waals surface area (Å²) in [6.07, 6.45) is 1.74. The van der Waals surface area contributed by atoms with Gasteiger partial charge in [0.1, 0.15) is 5.75 Å². The number of fused-ring (bicyclic) bond motifs is 1. The van der Waals surface area contributed by atoms with Crippen LogP contribution in [0.4, 0.5) is 5.69 Å².